The van der Waals surface area contributed by atoms with Crippen molar-refractivity contribution in [1.29, 1.82) is 0 Å². The van der Waals surface area contributed by atoms with Gasteiger partial charge in [0, 0.05) is 13.0 Å². The van der Waals surface area contributed by atoms with Gasteiger partial charge in [-0.1, -0.05) is 6.42 Å². The molecule has 0 unspecified atom stereocenters. The molecule has 1 aliphatic rings. The molecule has 1 heterocycles. The number of benzene rings is 1. The summed E-state index contributed by atoms with van der Waals surface area (Å²) < 4.78 is 10.5. The second-order valence-electron chi connectivity index (χ2n) is 5.64. The third-order valence-corrected chi connectivity index (χ3v) is 4.16. The number of nitrogens with one attached hydrogen (secondary N) is 2. The van der Waals surface area contributed by atoms with Crippen LogP contribution in [-0.4, -0.2) is 31.0 Å². The van der Waals surface area contributed by atoms with Gasteiger partial charge in [0.2, 0.25) is 0 Å². The molecule has 24 heavy (non-hydrogen) atoms. The first-order valence-corrected chi connectivity index (χ1v) is 7.79. The molecular formula is C17H19N3O4. The molecule has 2 N–H and O–H groups in total. The monoisotopic (exact) mass is 329 g/mol. The summed E-state index contributed by atoms with van der Waals surface area (Å²) >= 11 is 0. The zero-order valence-electron chi connectivity index (χ0n) is 13.6. The highest BCUT2D eigenvalue weighted by molar-refractivity contribution is 6.08. The quantitative estimate of drug-likeness (QED) is 0.879. The molecule has 1 aromatic carbocycles. The van der Waals surface area contributed by atoms with E-state index >= 15 is 0 Å². The molecule has 1 fully saturated rings. The summed E-state index contributed by atoms with van der Waals surface area (Å²) in [5, 5.41) is 5.24. The van der Waals surface area contributed by atoms with Gasteiger partial charge in [-0.25, -0.2) is 4.98 Å². The zero-order valence-corrected chi connectivity index (χ0v) is 13.6. The molecule has 1 aromatic heterocycles. The van der Waals surface area contributed by atoms with Gasteiger partial charge >= 0.3 is 0 Å². The number of carbonyl (C=O) groups excluding carboxylic acids is 2. The van der Waals surface area contributed by atoms with Gasteiger partial charge in [-0.3, -0.25) is 9.59 Å². The van der Waals surface area contributed by atoms with Crippen molar-refractivity contribution in [3.63, 3.8) is 0 Å². The number of nitrogens with zero attached hydrogens (tertiary/aromatic N) is 1. The normalized spacial score (nSPS) is 13.9. The van der Waals surface area contributed by atoms with E-state index in [2.05, 4.69) is 15.6 Å². The van der Waals surface area contributed by atoms with E-state index in [1.165, 1.54) is 20.4 Å². The van der Waals surface area contributed by atoms with Crippen molar-refractivity contribution in [2.45, 2.75) is 25.2 Å². The third-order valence-electron chi connectivity index (χ3n) is 4.16. The Kier molecular flexibility index (Phi) is 4.50. The van der Waals surface area contributed by atoms with Gasteiger partial charge < -0.3 is 19.8 Å². The molecule has 0 saturated heterocycles. The molecule has 2 amide bonds. The number of amides is 2. The summed E-state index contributed by atoms with van der Waals surface area (Å²) in [5.41, 5.74) is 0.900. The largest absolute Gasteiger partial charge is 0.497 e. The van der Waals surface area contributed by atoms with E-state index in [1.54, 1.807) is 18.2 Å². The lowest BCUT2D eigenvalue weighted by atomic mass is 9.85. The molecule has 3 rings (SSSR count). The number of rotatable bonds is 5. The standard InChI is InChI=1S/C17H19N3O4/c1-18-15(21)12-8-11(23-2)6-7-13(12)19-16(22)14-9-24-17(20-14)10-4-3-5-10/h6-10H,3-5H2,1-2H3,(H,18,21)(H,19,22). The van der Waals surface area contributed by atoms with E-state index < -0.39 is 5.91 Å². The van der Waals surface area contributed by atoms with Crippen LogP contribution in [0.1, 0.15) is 51.9 Å². The summed E-state index contributed by atoms with van der Waals surface area (Å²) in [6.07, 6.45) is 4.60. The Hall–Kier alpha value is -2.83. The van der Waals surface area contributed by atoms with E-state index in [4.69, 9.17) is 9.15 Å². The lowest BCUT2D eigenvalue weighted by Crippen LogP contribution is -2.22. The molecule has 7 nitrogen and oxygen atoms in total. The Morgan fingerprint density at radius 1 is 1.29 bits per heavy atom. The van der Waals surface area contributed by atoms with Gasteiger partial charge in [0.1, 0.15) is 12.0 Å². The fourth-order valence-corrected chi connectivity index (χ4v) is 2.50. The van der Waals surface area contributed by atoms with Gasteiger partial charge in [-0.2, -0.15) is 0 Å². The zero-order chi connectivity index (χ0) is 17.1. The summed E-state index contributed by atoms with van der Waals surface area (Å²) in [4.78, 5) is 28.6. The molecule has 0 aliphatic heterocycles. The summed E-state index contributed by atoms with van der Waals surface area (Å²) in [7, 11) is 3.04. The second-order valence-corrected chi connectivity index (χ2v) is 5.64. The van der Waals surface area contributed by atoms with Crippen LogP contribution >= 0.6 is 0 Å². The number of aromatic nitrogens is 1. The van der Waals surface area contributed by atoms with Gasteiger partial charge in [-0.05, 0) is 31.0 Å². The minimum atomic E-state index is -0.417. The molecule has 0 spiro atoms. The van der Waals surface area contributed by atoms with E-state index in [1.807, 2.05) is 0 Å². The predicted molar refractivity (Wildman–Crippen MR) is 87.4 cm³/mol. The van der Waals surface area contributed by atoms with E-state index in [0.29, 0.717) is 28.8 Å². The Morgan fingerprint density at radius 3 is 2.71 bits per heavy atom. The second kappa shape index (κ2) is 6.74. The average molecular weight is 329 g/mol. The first-order valence-electron chi connectivity index (χ1n) is 7.79. The van der Waals surface area contributed by atoms with Crippen molar-refractivity contribution in [1.82, 2.24) is 10.3 Å². The molecule has 0 bridgehead atoms. The van der Waals surface area contributed by atoms with Crippen LogP contribution in [0.3, 0.4) is 0 Å². The molecule has 0 atom stereocenters. The Balaban J connectivity index is 1.80. The fraction of sp³-hybridized carbons (Fsp3) is 0.353. The van der Waals surface area contributed by atoms with Crippen LogP contribution in [0.5, 0.6) is 5.75 Å². The van der Waals surface area contributed by atoms with Crippen molar-refractivity contribution in [2.24, 2.45) is 0 Å². The topological polar surface area (TPSA) is 93.5 Å². The van der Waals surface area contributed by atoms with E-state index in [0.717, 1.165) is 19.3 Å². The van der Waals surface area contributed by atoms with Crippen molar-refractivity contribution >= 4 is 17.5 Å². The first kappa shape index (κ1) is 16.0. The molecular weight excluding hydrogens is 310 g/mol. The number of anilines is 1. The summed E-state index contributed by atoms with van der Waals surface area (Å²) in [5.74, 6) is 0.709. The van der Waals surface area contributed by atoms with Crippen LogP contribution < -0.4 is 15.4 Å². The lowest BCUT2D eigenvalue weighted by molar-refractivity contribution is 0.0963. The highest BCUT2D eigenvalue weighted by Crippen LogP contribution is 2.35. The number of ether oxygens (including phenoxy) is 1. The van der Waals surface area contributed by atoms with Crippen molar-refractivity contribution in [2.75, 3.05) is 19.5 Å². The van der Waals surface area contributed by atoms with Gasteiger partial charge in [-0.15, -0.1) is 0 Å². The van der Waals surface area contributed by atoms with Crippen molar-refractivity contribution in [3.8, 4) is 5.75 Å². The number of hydrogen-bond donors (Lipinski definition) is 2. The average Bonchev–Trinajstić information content (AvgIpc) is 3.02. The number of methoxy groups -OCH3 is 1. The summed E-state index contributed by atoms with van der Waals surface area (Å²) in [6, 6.07) is 4.86. The molecule has 2 aromatic rings. The van der Waals surface area contributed by atoms with E-state index in [9.17, 15) is 9.59 Å². The maximum absolute atomic E-state index is 12.4. The Morgan fingerprint density at radius 2 is 2.08 bits per heavy atom. The maximum Gasteiger partial charge on any atom is 0.277 e. The Bertz CT molecular complexity index is 765. The van der Waals surface area contributed by atoms with Gasteiger partial charge in [0.15, 0.2) is 11.6 Å². The molecule has 1 aliphatic carbocycles. The maximum atomic E-state index is 12.4. The number of carbonyl (C=O) groups is 2. The van der Waals surface area contributed by atoms with Crippen LogP contribution in [0.4, 0.5) is 5.69 Å². The van der Waals surface area contributed by atoms with Crippen LogP contribution in [0.25, 0.3) is 0 Å². The fourth-order valence-electron chi connectivity index (χ4n) is 2.50. The molecule has 1 saturated carbocycles. The van der Waals surface area contributed by atoms with Crippen LogP contribution in [0.15, 0.2) is 28.9 Å². The Labute approximate surface area is 139 Å². The molecule has 7 heteroatoms. The molecule has 126 valence electrons. The van der Waals surface area contributed by atoms with Crippen LogP contribution in [0, 0.1) is 0 Å². The predicted octanol–water partition coefficient (Wildman–Crippen LogP) is 2.56. The highest BCUT2D eigenvalue weighted by Gasteiger charge is 2.26. The van der Waals surface area contributed by atoms with Crippen molar-refractivity contribution in [3.05, 3.63) is 41.6 Å². The molecule has 0 radical (unpaired) electrons. The number of oxazole rings is 1. The SMILES string of the molecule is CNC(=O)c1cc(OC)ccc1NC(=O)c1coc(C2CCC2)n1. The summed E-state index contributed by atoms with van der Waals surface area (Å²) in [6.45, 7) is 0. The van der Waals surface area contributed by atoms with Crippen LogP contribution in [-0.2, 0) is 0 Å². The van der Waals surface area contributed by atoms with Crippen LogP contribution in [0.2, 0.25) is 0 Å². The van der Waals surface area contributed by atoms with Gasteiger partial charge in [0.25, 0.3) is 11.8 Å². The third kappa shape index (κ3) is 3.10. The lowest BCUT2D eigenvalue weighted by Gasteiger charge is -2.21. The van der Waals surface area contributed by atoms with Crippen molar-refractivity contribution < 1.29 is 18.7 Å². The van der Waals surface area contributed by atoms with E-state index in [-0.39, 0.29) is 11.6 Å². The van der Waals surface area contributed by atoms with Gasteiger partial charge in [0.05, 0.1) is 18.4 Å². The smallest absolute Gasteiger partial charge is 0.277 e. The highest BCUT2D eigenvalue weighted by atomic mass is 16.5. The minimum Gasteiger partial charge on any atom is -0.497 e. The minimum absolute atomic E-state index is 0.204. The number of hydrogen-bond acceptors (Lipinski definition) is 5. The first-order chi connectivity index (χ1) is 11.6.